The highest BCUT2D eigenvalue weighted by Gasteiger charge is 2.29. The molecule has 198 valence electrons. The average Bonchev–Trinajstić information content (AvgIpc) is 3.32. The van der Waals surface area contributed by atoms with Crippen LogP contribution in [0.25, 0.3) is 38.5 Å². The minimum Gasteiger partial charge on any atom is -0.456 e. The second kappa shape index (κ2) is 9.18. The van der Waals surface area contributed by atoms with Crippen LogP contribution in [-0.2, 0) is 4.74 Å². The number of amides is 1. The van der Waals surface area contributed by atoms with Gasteiger partial charge in [-0.25, -0.2) is 4.39 Å². The van der Waals surface area contributed by atoms with Crippen LogP contribution in [0.5, 0.6) is 11.5 Å². The lowest BCUT2D eigenvalue weighted by molar-refractivity contribution is 0.0374. The lowest BCUT2D eigenvalue weighted by Crippen LogP contribution is -2.38. The summed E-state index contributed by atoms with van der Waals surface area (Å²) in [5, 5.41) is 4.22. The molecular formula is C29H23F2N3O5. The first-order valence-corrected chi connectivity index (χ1v) is 12.8. The molecule has 3 aromatic carbocycles. The van der Waals surface area contributed by atoms with Gasteiger partial charge in [0.1, 0.15) is 22.2 Å². The van der Waals surface area contributed by atoms with Crippen molar-refractivity contribution in [3.63, 3.8) is 0 Å². The monoisotopic (exact) mass is 531 g/mol. The van der Waals surface area contributed by atoms with Gasteiger partial charge in [-0.05, 0) is 31.2 Å². The maximum Gasteiger partial charge on any atom is 0.256 e. The molecule has 1 saturated heterocycles. The lowest BCUT2D eigenvalue weighted by Gasteiger charge is -2.26. The van der Waals surface area contributed by atoms with E-state index in [1.165, 1.54) is 10.8 Å². The van der Waals surface area contributed by atoms with Gasteiger partial charge in [-0.2, -0.15) is 4.39 Å². The Balaban J connectivity index is 1.31. The van der Waals surface area contributed by atoms with E-state index in [0.717, 1.165) is 36.5 Å². The summed E-state index contributed by atoms with van der Waals surface area (Å²) in [6.45, 7) is 4.20. The zero-order valence-corrected chi connectivity index (χ0v) is 20.8. The number of hydrogen-bond acceptors (Lipinski definition) is 6. The normalized spacial score (nSPS) is 15.0. The summed E-state index contributed by atoms with van der Waals surface area (Å²) in [6, 6.07) is 11.7. The van der Waals surface area contributed by atoms with Crippen LogP contribution in [0.1, 0.15) is 16.8 Å². The maximum absolute atomic E-state index is 15.0. The molecule has 0 spiro atoms. The van der Waals surface area contributed by atoms with Crippen LogP contribution in [0.2, 0.25) is 0 Å². The molecule has 1 amide bonds. The van der Waals surface area contributed by atoms with Gasteiger partial charge < -0.3 is 23.8 Å². The molecule has 2 aliphatic heterocycles. The Labute approximate surface area is 220 Å². The van der Waals surface area contributed by atoms with Crippen molar-refractivity contribution in [3.8, 4) is 17.2 Å². The van der Waals surface area contributed by atoms with E-state index in [1.54, 1.807) is 12.1 Å². The van der Waals surface area contributed by atoms with E-state index in [1.807, 2.05) is 24.3 Å². The predicted molar refractivity (Wildman–Crippen MR) is 141 cm³/mol. The maximum atomic E-state index is 15.0. The van der Waals surface area contributed by atoms with Gasteiger partial charge in [0.25, 0.3) is 5.91 Å². The number of pyridine rings is 1. The van der Waals surface area contributed by atoms with Crippen molar-refractivity contribution >= 4 is 38.7 Å². The first kappa shape index (κ1) is 23.8. The smallest absolute Gasteiger partial charge is 0.256 e. The number of benzene rings is 3. The van der Waals surface area contributed by atoms with Crippen LogP contribution in [-0.4, -0.2) is 54.8 Å². The van der Waals surface area contributed by atoms with Crippen LogP contribution >= 0.6 is 0 Å². The molecule has 0 bridgehead atoms. The number of rotatable bonds is 5. The number of nitrogens with one attached hydrogen (secondary N) is 1. The van der Waals surface area contributed by atoms with Crippen molar-refractivity contribution < 1.29 is 27.5 Å². The number of ether oxygens (including phenoxy) is 2. The van der Waals surface area contributed by atoms with Gasteiger partial charge in [-0.3, -0.25) is 14.5 Å². The summed E-state index contributed by atoms with van der Waals surface area (Å²) in [5.41, 5.74) is 0.807. The standard InChI is InChI=1S/C29H23F2N3O5/c30-20-12-18-26-28(25(20)31)39-24-13-17-16-4-1-2-5-22(16)38-23(17)14-21(24)34(26)15-19(27(18)35)29(36)32-6-3-7-33-8-10-37-11-9-33/h1-2,4-5,12-15H,3,6-11H2,(H,32,36). The zero-order chi connectivity index (χ0) is 26.7. The Morgan fingerprint density at radius 1 is 1.00 bits per heavy atom. The fourth-order valence-electron chi connectivity index (χ4n) is 5.39. The van der Waals surface area contributed by atoms with E-state index in [2.05, 4.69) is 10.2 Å². The van der Waals surface area contributed by atoms with Gasteiger partial charge in [0, 0.05) is 42.7 Å². The largest absolute Gasteiger partial charge is 0.456 e. The van der Waals surface area contributed by atoms with Gasteiger partial charge in [0.15, 0.2) is 17.3 Å². The first-order chi connectivity index (χ1) is 19.0. The number of nitrogens with zero attached hydrogens (tertiary/aromatic N) is 2. The highest BCUT2D eigenvalue weighted by molar-refractivity contribution is 6.07. The molecule has 8 nitrogen and oxygen atoms in total. The molecule has 0 atom stereocenters. The first-order valence-electron chi connectivity index (χ1n) is 12.8. The van der Waals surface area contributed by atoms with Crippen molar-refractivity contribution in [2.45, 2.75) is 6.42 Å². The van der Waals surface area contributed by atoms with E-state index < -0.39 is 28.7 Å². The van der Waals surface area contributed by atoms with Crippen molar-refractivity contribution in [1.29, 1.82) is 0 Å². The third kappa shape index (κ3) is 3.86. The minimum atomic E-state index is -1.23. The van der Waals surface area contributed by atoms with Gasteiger partial charge >= 0.3 is 0 Å². The second-order valence-electron chi connectivity index (χ2n) is 9.72. The van der Waals surface area contributed by atoms with Crippen LogP contribution in [0.4, 0.5) is 8.78 Å². The highest BCUT2D eigenvalue weighted by Crippen LogP contribution is 2.45. The van der Waals surface area contributed by atoms with E-state index in [4.69, 9.17) is 13.9 Å². The fourth-order valence-corrected chi connectivity index (χ4v) is 5.39. The second-order valence-corrected chi connectivity index (χ2v) is 9.72. The number of furan rings is 1. The number of morpholine rings is 1. The van der Waals surface area contributed by atoms with Gasteiger partial charge in [0.05, 0.1) is 24.3 Å². The van der Waals surface area contributed by atoms with Crippen LogP contribution < -0.4 is 15.5 Å². The minimum absolute atomic E-state index is 0.0470. The fraction of sp³-hybridized carbons (Fsp3) is 0.241. The van der Waals surface area contributed by atoms with E-state index in [0.29, 0.717) is 43.0 Å². The molecule has 0 aliphatic carbocycles. The Bertz CT molecular complexity index is 1860. The Kier molecular flexibility index (Phi) is 5.60. The van der Waals surface area contributed by atoms with Crippen LogP contribution in [0.3, 0.4) is 0 Å². The Morgan fingerprint density at radius 2 is 1.82 bits per heavy atom. The summed E-state index contributed by atoms with van der Waals surface area (Å²) >= 11 is 0. The summed E-state index contributed by atoms with van der Waals surface area (Å²) in [7, 11) is 0. The quantitative estimate of drug-likeness (QED) is 0.324. The molecule has 4 heterocycles. The number of aromatic nitrogens is 1. The van der Waals surface area contributed by atoms with Gasteiger partial charge in [0.2, 0.25) is 11.2 Å². The molecular weight excluding hydrogens is 508 g/mol. The number of halogens is 2. The number of carbonyl (C=O) groups is 1. The molecule has 1 fully saturated rings. The summed E-state index contributed by atoms with van der Waals surface area (Å²) in [5.74, 6) is -3.19. The Hall–Kier alpha value is -4.28. The number of hydrogen-bond donors (Lipinski definition) is 1. The highest BCUT2D eigenvalue weighted by atomic mass is 19.2. The molecule has 5 aromatic rings. The SMILES string of the molecule is O=C(NCCCN1CCOCC1)c1cn2c3c(c(F)c(F)cc3c1=O)Oc1cc3c(cc1-2)oc1ccccc13. The molecule has 0 unspecified atom stereocenters. The topological polar surface area (TPSA) is 85.9 Å². The van der Waals surface area contributed by atoms with Crippen LogP contribution in [0, 0.1) is 11.6 Å². The van der Waals surface area contributed by atoms with Crippen molar-refractivity contribution in [2.75, 3.05) is 39.4 Å². The summed E-state index contributed by atoms with van der Waals surface area (Å²) in [6.07, 6.45) is 2.05. The predicted octanol–water partition coefficient (Wildman–Crippen LogP) is 4.73. The Morgan fingerprint density at radius 3 is 2.67 bits per heavy atom. The number of fused-ring (bicyclic) bond motifs is 5. The third-order valence-corrected chi connectivity index (χ3v) is 7.35. The lowest BCUT2D eigenvalue weighted by atomic mass is 10.1. The molecule has 2 aliphatic rings. The van der Waals surface area contributed by atoms with Gasteiger partial charge in [-0.15, -0.1) is 0 Å². The molecule has 0 saturated carbocycles. The van der Waals surface area contributed by atoms with E-state index in [9.17, 15) is 18.4 Å². The summed E-state index contributed by atoms with van der Waals surface area (Å²) < 4.78 is 48.3. The van der Waals surface area contributed by atoms with Crippen LogP contribution in [0.15, 0.2) is 57.9 Å². The molecule has 2 aromatic heterocycles. The molecule has 0 radical (unpaired) electrons. The molecule has 7 rings (SSSR count). The summed E-state index contributed by atoms with van der Waals surface area (Å²) in [4.78, 5) is 28.7. The van der Waals surface area contributed by atoms with E-state index in [-0.39, 0.29) is 22.2 Å². The third-order valence-electron chi connectivity index (χ3n) is 7.35. The van der Waals surface area contributed by atoms with Crippen molar-refractivity contribution in [3.05, 3.63) is 76.1 Å². The average molecular weight is 532 g/mol. The number of para-hydroxylation sites is 1. The van der Waals surface area contributed by atoms with E-state index >= 15 is 0 Å². The number of carbonyl (C=O) groups excluding carboxylic acids is 1. The molecule has 10 heteroatoms. The zero-order valence-electron chi connectivity index (χ0n) is 20.8. The van der Waals surface area contributed by atoms with Gasteiger partial charge in [-0.1, -0.05) is 18.2 Å². The van der Waals surface area contributed by atoms with Crippen molar-refractivity contribution in [1.82, 2.24) is 14.8 Å². The molecule has 39 heavy (non-hydrogen) atoms. The molecule has 1 N–H and O–H groups in total. The van der Waals surface area contributed by atoms with Crippen molar-refractivity contribution in [2.24, 2.45) is 0 Å².